The smallest absolute Gasteiger partial charge is 0.327 e. The quantitative estimate of drug-likeness (QED) is 0.135. The molecule has 0 aromatic heterocycles. The molecule has 4 unspecified atom stereocenters. The lowest BCUT2D eigenvalue weighted by atomic mass is 10.0. The Labute approximate surface area is 210 Å². The number of unbranched alkanes of at least 4 members (excludes halogenated alkanes) is 1. The largest absolute Gasteiger partial charge is 0.508 e. The third kappa shape index (κ3) is 8.41. The molecule has 3 amide bonds. The molecule has 1 aliphatic rings. The number of rotatable bonds is 13. The van der Waals surface area contributed by atoms with Gasteiger partial charge < -0.3 is 37.2 Å². The van der Waals surface area contributed by atoms with E-state index in [1.807, 2.05) is 0 Å². The number of hydrogen-bond acceptors (Lipinski definition) is 8. The second-order valence-corrected chi connectivity index (χ2v) is 8.96. The summed E-state index contributed by atoms with van der Waals surface area (Å²) in [5.41, 5.74) is 12.4. The number of amides is 3. The SMILES string of the molecule is NCCCCC(NC(=O)C1CCCN1C(=O)C(N)Cc1ccc(O)cc1)C(=O)NC(CS)C(=O)O. The van der Waals surface area contributed by atoms with E-state index < -0.39 is 42.0 Å². The van der Waals surface area contributed by atoms with Crippen LogP contribution in [0.4, 0.5) is 0 Å². The maximum absolute atomic E-state index is 13.1. The standard InChI is InChI=1S/C23H35N5O6S/c24-10-2-1-4-17(20(30)27-18(13-35)23(33)34)26-21(31)19-5-3-11-28(19)22(32)16(25)12-14-6-8-15(29)9-7-14/h6-9,16-19,29,35H,1-5,10-13,24-25H2,(H,26,31)(H,27,30)(H,33,34). The summed E-state index contributed by atoms with van der Waals surface area (Å²) in [4.78, 5) is 51.6. The van der Waals surface area contributed by atoms with E-state index in [1.54, 1.807) is 12.1 Å². The van der Waals surface area contributed by atoms with Gasteiger partial charge in [-0.2, -0.15) is 12.6 Å². The first-order chi connectivity index (χ1) is 16.7. The van der Waals surface area contributed by atoms with Crippen LogP contribution in [-0.2, 0) is 25.6 Å². The molecule has 12 heteroatoms. The first-order valence-corrected chi connectivity index (χ1v) is 12.3. The van der Waals surface area contributed by atoms with Gasteiger partial charge in [-0.25, -0.2) is 4.79 Å². The molecule has 11 nitrogen and oxygen atoms in total. The number of benzene rings is 1. The Hall–Kier alpha value is -2.83. The van der Waals surface area contributed by atoms with E-state index in [1.165, 1.54) is 17.0 Å². The molecule has 0 bridgehead atoms. The van der Waals surface area contributed by atoms with Crippen molar-refractivity contribution in [3.63, 3.8) is 0 Å². The molecule has 8 N–H and O–H groups in total. The molecule has 2 rings (SSSR count). The van der Waals surface area contributed by atoms with Crippen LogP contribution in [0.5, 0.6) is 5.75 Å². The van der Waals surface area contributed by atoms with Crippen LogP contribution in [0, 0.1) is 0 Å². The molecule has 35 heavy (non-hydrogen) atoms. The number of nitrogens with two attached hydrogens (primary N) is 2. The van der Waals surface area contributed by atoms with Crippen molar-refractivity contribution in [1.82, 2.24) is 15.5 Å². The molecule has 1 saturated heterocycles. The van der Waals surface area contributed by atoms with Crippen LogP contribution in [0.3, 0.4) is 0 Å². The Morgan fingerprint density at radius 2 is 1.80 bits per heavy atom. The summed E-state index contributed by atoms with van der Waals surface area (Å²) in [6.45, 7) is 0.783. The molecule has 0 spiro atoms. The van der Waals surface area contributed by atoms with Crippen LogP contribution in [0.25, 0.3) is 0 Å². The van der Waals surface area contributed by atoms with Gasteiger partial charge in [-0.3, -0.25) is 14.4 Å². The molecular weight excluding hydrogens is 474 g/mol. The molecule has 1 fully saturated rings. The number of nitrogens with one attached hydrogen (secondary N) is 2. The molecule has 1 aromatic carbocycles. The topological polar surface area (TPSA) is 188 Å². The summed E-state index contributed by atoms with van der Waals surface area (Å²) in [5.74, 6) is -2.71. The molecule has 1 heterocycles. The van der Waals surface area contributed by atoms with Crippen LogP contribution in [0.1, 0.15) is 37.7 Å². The molecular formula is C23H35N5O6S. The number of hydrogen-bond donors (Lipinski definition) is 7. The average molecular weight is 510 g/mol. The second-order valence-electron chi connectivity index (χ2n) is 8.59. The summed E-state index contributed by atoms with van der Waals surface area (Å²) in [6.07, 6.45) is 2.74. The normalized spacial score (nSPS) is 17.9. The summed E-state index contributed by atoms with van der Waals surface area (Å²) >= 11 is 3.95. The van der Waals surface area contributed by atoms with E-state index in [2.05, 4.69) is 23.3 Å². The number of carboxylic acids is 1. The highest BCUT2D eigenvalue weighted by Gasteiger charge is 2.37. The van der Waals surface area contributed by atoms with E-state index in [4.69, 9.17) is 11.5 Å². The van der Waals surface area contributed by atoms with Gasteiger partial charge in [-0.05, 0) is 62.8 Å². The maximum Gasteiger partial charge on any atom is 0.327 e. The van der Waals surface area contributed by atoms with Crippen molar-refractivity contribution in [2.24, 2.45) is 11.5 Å². The fourth-order valence-corrected chi connectivity index (χ4v) is 4.22. The Balaban J connectivity index is 2.06. The molecule has 0 saturated carbocycles. The molecule has 0 radical (unpaired) electrons. The van der Waals surface area contributed by atoms with E-state index in [0.29, 0.717) is 38.8 Å². The Morgan fingerprint density at radius 3 is 2.40 bits per heavy atom. The molecule has 1 aromatic rings. The van der Waals surface area contributed by atoms with Crippen molar-refractivity contribution in [2.75, 3.05) is 18.8 Å². The van der Waals surface area contributed by atoms with Gasteiger partial charge in [0, 0.05) is 12.3 Å². The van der Waals surface area contributed by atoms with Gasteiger partial charge in [0.15, 0.2) is 0 Å². The van der Waals surface area contributed by atoms with E-state index in [9.17, 15) is 29.4 Å². The van der Waals surface area contributed by atoms with Crippen LogP contribution in [0.15, 0.2) is 24.3 Å². The first kappa shape index (κ1) is 28.4. The highest BCUT2D eigenvalue weighted by molar-refractivity contribution is 7.80. The van der Waals surface area contributed by atoms with E-state index >= 15 is 0 Å². The summed E-state index contributed by atoms with van der Waals surface area (Å²) in [5, 5.41) is 23.7. The van der Waals surface area contributed by atoms with Gasteiger partial charge in [0.2, 0.25) is 17.7 Å². The van der Waals surface area contributed by atoms with Crippen LogP contribution >= 0.6 is 12.6 Å². The first-order valence-electron chi connectivity index (χ1n) is 11.7. The minimum absolute atomic E-state index is 0.103. The third-order valence-corrected chi connectivity index (χ3v) is 6.29. The zero-order valence-electron chi connectivity index (χ0n) is 19.6. The van der Waals surface area contributed by atoms with Gasteiger partial charge in [0.1, 0.15) is 23.9 Å². The third-order valence-electron chi connectivity index (χ3n) is 5.92. The number of carboxylic acid groups (broad SMARTS) is 1. The number of thiol groups is 1. The number of aliphatic carboxylic acids is 1. The predicted molar refractivity (Wildman–Crippen MR) is 133 cm³/mol. The van der Waals surface area contributed by atoms with E-state index in [0.717, 1.165) is 5.56 Å². The van der Waals surface area contributed by atoms with Gasteiger partial charge >= 0.3 is 5.97 Å². The second kappa shape index (κ2) is 13.9. The summed E-state index contributed by atoms with van der Waals surface area (Å²) in [7, 11) is 0. The Morgan fingerprint density at radius 1 is 1.11 bits per heavy atom. The average Bonchev–Trinajstić information content (AvgIpc) is 3.32. The number of aromatic hydroxyl groups is 1. The minimum atomic E-state index is -1.23. The van der Waals surface area contributed by atoms with Gasteiger partial charge in [0.05, 0.1) is 6.04 Å². The monoisotopic (exact) mass is 509 g/mol. The lowest BCUT2D eigenvalue weighted by Crippen LogP contribution is -2.57. The van der Waals surface area contributed by atoms with Crippen molar-refractivity contribution in [3.05, 3.63) is 29.8 Å². The molecule has 0 aliphatic carbocycles. The fourth-order valence-electron chi connectivity index (χ4n) is 3.98. The zero-order valence-corrected chi connectivity index (χ0v) is 20.5. The number of nitrogens with zero attached hydrogens (tertiary/aromatic N) is 1. The Bertz CT molecular complexity index is 884. The fraction of sp³-hybridized carbons (Fsp3) is 0.565. The van der Waals surface area contributed by atoms with Gasteiger partial charge in [-0.15, -0.1) is 0 Å². The number of phenolic OH excluding ortho intramolecular Hbond substituents is 1. The highest BCUT2D eigenvalue weighted by atomic mass is 32.1. The van der Waals surface area contributed by atoms with Crippen LogP contribution in [0.2, 0.25) is 0 Å². The van der Waals surface area contributed by atoms with Crippen molar-refractivity contribution in [3.8, 4) is 5.75 Å². The van der Waals surface area contributed by atoms with Gasteiger partial charge in [-0.1, -0.05) is 12.1 Å². The highest BCUT2D eigenvalue weighted by Crippen LogP contribution is 2.20. The number of carbonyl (C=O) groups excluding carboxylic acids is 3. The summed E-state index contributed by atoms with van der Waals surface area (Å²) in [6, 6.07) is 2.56. The zero-order chi connectivity index (χ0) is 26.0. The molecule has 194 valence electrons. The van der Waals surface area contributed by atoms with Crippen molar-refractivity contribution in [2.45, 2.75) is 62.7 Å². The Kier molecular flexibility index (Phi) is 11.3. The van der Waals surface area contributed by atoms with Crippen LogP contribution in [-0.4, -0.2) is 81.8 Å². The number of carbonyl (C=O) groups is 4. The number of likely N-dealkylation sites (tertiary alicyclic amines) is 1. The molecule has 4 atom stereocenters. The minimum Gasteiger partial charge on any atom is -0.508 e. The van der Waals surface area contributed by atoms with Gasteiger partial charge in [0.25, 0.3) is 0 Å². The number of phenols is 1. The van der Waals surface area contributed by atoms with Crippen LogP contribution < -0.4 is 22.1 Å². The van der Waals surface area contributed by atoms with Crippen molar-refractivity contribution < 1.29 is 29.4 Å². The predicted octanol–water partition coefficient (Wildman–Crippen LogP) is -0.634. The lowest BCUT2D eigenvalue weighted by molar-refractivity contribution is -0.142. The van der Waals surface area contributed by atoms with Crippen molar-refractivity contribution in [1.29, 1.82) is 0 Å². The van der Waals surface area contributed by atoms with E-state index in [-0.39, 0.29) is 30.3 Å². The lowest BCUT2D eigenvalue weighted by Gasteiger charge is -2.28. The maximum atomic E-state index is 13.1. The molecule has 1 aliphatic heterocycles. The summed E-state index contributed by atoms with van der Waals surface area (Å²) < 4.78 is 0. The van der Waals surface area contributed by atoms with Crippen molar-refractivity contribution >= 4 is 36.3 Å².